The van der Waals surface area contributed by atoms with Gasteiger partial charge in [-0.1, -0.05) is 12.2 Å². The quantitative estimate of drug-likeness (QED) is 0.795. The van der Waals surface area contributed by atoms with E-state index in [-0.39, 0.29) is 18.0 Å². The van der Waals surface area contributed by atoms with E-state index in [4.69, 9.17) is 0 Å². The highest BCUT2D eigenvalue weighted by molar-refractivity contribution is 7.90. The number of hydrogen-bond acceptors (Lipinski definition) is 4. The molecule has 1 aliphatic heterocycles. The van der Waals surface area contributed by atoms with E-state index in [1.165, 1.54) is 28.4 Å². The molecule has 0 unspecified atom stereocenters. The fourth-order valence-corrected chi connectivity index (χ4v) is 4.47. The van der Waals surface area contributed by atoms with Crippen LogP contribution in [0.25, 0.3) is 0 Å². The lowest BCUT2D eigenvalue weighted by atomic mass is 10.5. The summed E-state index contributed by atoms with van der Waals surface area (Å²) in [6, 6.07) is 0.943. The lowest BCUT2D eigenvalue weighted by molar-refractivity contribution is 0.231. The largest absolute Gasteiger partial charge is 0.339 e. The summed E-state index contributed by atoms with van der Waals surface area (Å²) in [4.78, 5) is 13.7. The molecule has 0 aliphatic carbocycles. The Hall–Kier alpha value is -1.60. The maximum atomic E-state index is 12.2. The normalized spacial score (nSPS) is 17.4. The molecule has 0 saturated heterocycles. The van der Waals surface area contributed by atoms with E-state index < -0.39 is 16.1 Å². The summed E-state index contributed by atoms with van der Waals surface area (Å²) in [7, 11) is -3.76. The minimum Gasteiger partial charge on any atom is -0.279 e. The van der Waals surface area contributed by atoms with Gasteiger partial charge < -0.3 is 0 Å². The highest BCUT2D eigenvalue weighted by atomic mass is 32.2. The van der Waals surface area contributed by atoms with Crippen molar-refractivity contribution in [2.45, 2.75) is 4.90 Å². The summed E-state index contributed by atoms with van der Waals surface area (Å²) >= 11 is 1.23. The Labute approximate surface area is 110 Å². The molecule has 0 atom stereocenters. The van der Waals surface area contributed by atoms with Crippen LogP contribution < -0.4 is 4.90 Å². The van der Waals surface area contributed by atoms with Crippen LogP contribution in [0.1, 0.15) is 0 Å². The highest BCUT2D eigenvalue weighted by Gasteiger charge is 2.41. The number of nitrogens with zero attached hydrogens (tertiary/aromatic N) is 2. The Kier molecular flexibility index (Phi) is 3.27. The van der Waals surface area contributed by atoms with E-state index >= 15 is 0 Å². The van der Waals surface area contributed by atoms with Crippen molar-refractivity contribution in [3.63, 3.8) is 0 Å². The third-order valence-corrected chi connectivity index (χ3v) is 5.31. The molecule has 1 aromatic rings. The van der Waals surface area contributed by atoms with Crippen LogP contribution in [-0.2, 0) is 10.0 Å². The third-order valence-electron chi connectivity index (χ3n) is 2.47. The average molecular weight is 284 g/mol. The summed E-state index contributed by atoms with van der Waals surface area (Å²) in [6.07, 6.45) is 2.95. The molecule has 5 nitrogen and oxygen atoms in total. The Balaban J connectivity index is 2.60. The standard InChI is InChI=1S/C11H12N2O3S2/c1-3-6-12-10-9(5-8-17-10)18(15,16)13(7-4-2)11(12)14/h3-5,8H,1-2,6-7H2. The summed E-state index contributed by atoms with van der Waals surface area (Å²) in [5, 5.41) is 2.10. The molecule has 0 spiro atoms. The van der Waals surface area contributed by atoms with E-state index in [2.05, 4.69) is 13.2 Å². The number of hydrogen-bond donors (Lipinski definition) is 0. The van der Waals surface area contributed by atoms with Gasteiger partial charge in [0.2, 0.25) is 0 Å². The maximum absolute atomic E-state index is 12.2. The number of amides is 2. The molecule has 0 fully saturated rings. The van der Waals surface area contributed by atoms with Gasteiger partial charge in [0, 0.05) is 6.54 Å². The van der Waals surface area contributed by atoms with E-state index in [1.54, 1.807) is 11.5 Å². The van der Waals surface area contributed by atoms with Crippen molar-refractivity contribution in [1.82, 2.24) is 4.31 Å². The predicted octanol–water partition coefficient (Wildman–Crippen LogP) is 2.05. The van der Waals surface area contributed by atoms with Gasteiger partial charge in [0.1, 0.15) is 9.90 Å². The second-order valence-corrected chi connectivity index (χ2v) is 6.32. The minimum absolute atomic E-state index is 0.0376. The zero-order valence-electron chi connectivity index (χ0n) is 9.57. The van der Waals surface area contributed by atoms with Gasteiger partial charge in [-0.25, -0.2) is 17.5 Å². The van der Waals surface area contributed by atoms with Crippen molar-refractivity contribution in [3.05, 3.63) is 36.8 Å². The number of carbonyl (C=O) groups is 1. The van der Waals surface area contributed by atoms with Crippen molar-refractivity contribution in [2.75, 3.05) is 18.0 Å². The summed E-state index contributed by atoms with van der Waals surface area (Å²) in [5.41, 5.74) is 0. The van der Waals surface area contributed by atoms with E-state index in [0.29, 0.717) is 5.00 Å². The molecule has 0 aromatic carbocycles. The van der Waals surface area contributed by atoms with Crippen LogP contribution in [0.5, 0.6) is 0 Å². The van der Waals surface area contributed by atoms with Crippen LogP contribution >= 0.6 is 11.3 Å². The van der Waals surface area contributed by atoms with Gasteiger partial charge in [-0.05, 0) is 11.4 Å². The Morgan fingerprint density at radius 3 is 2.56 bits per heavy atom. The Bertz CT molecular complexity index is 604. The third kappa shape index (κ3) is 1.75. The van der Waals surface area contributed by atoms with Gasteiger partial charge in [0.25, 0.3) is 10.0 Å². The predicted molar refractivity (Wildman–Crippen MR) is 71.3 cm³/mol. The topological polar surface area (TPSA) is 57.7 Å². The molecular weight excluding hydrogens is 272 g/mol. The first-order valence-corrected chi connectivity index (χ1v) is 7.49. The number of rotatable bonds is 4. The fourth-order valence-electron chi connectivity index (χ4n) is 1.71. The van der Waals surface area contributed by atoms with Crippen molar-refractivity contribution < 1.29 is 13.2 Å². The molecular formula is C11H12N2O3S2. The number of thiophene rings is 1. The molecule has 0 radical (unpaired) electrons. The zero-order chi connectivity index (χ0) is 13.3. The fraction of sp³-hybridized carbons (Fsp3) is 0.182. The van der Waals surface area contributed by atoms with Gasteiger partial charge in [-0.15, -0.1) is 24.5 Å². The first-order chi connectivity index (χ1) is 8.54. The number of fused-ring (bicyclic) bond motifs is 1. The minimum atomic E-state index is -3.76. The van der Waals surface area contributed by atoms with Gasteiger partial charge in [-0.3, -0.25) is 4.90 Å². The SMILES string of the molecule is C=CCN1C(=O)N(CC=C)S(=O)(=O)c2ccsc21. The molecule has 1 aliphatic rings. The molecule has 2 rings (SSSR count). The zero-order valence-corrected chi connectivity index (χ0v) is 11.2. The Morgan fingerprint density at radius 2 is 1.94 bits per heavy atom. The monoisotopic (exact) mass is 284 g/mol. The molecule has 1 aromatic heterocycles. The van der Waals surface area contributed by atoms with Crippen molar-refractivity contribution in [2.24, 2.45) is 0 Å². The summed E-state index contributed by atoms with van der Waals surface area (Å²) < 4.78 is 25.3. The van der Waals surface area contributed by atoms with Crippen LogP contribution in [0.15, 0.2) is 41.7 Å². The molecule has 2 amide bonds. The van der Waals surface area contributed by atoms with Crippen LogP contribution in [0.4, 0.5) is 9.80 Å². The second kappa shape index (κ2) is 4.58. The number of urea groups is 1. The summed E-state index contributed by atoms with van der Waals surface area (Å²) in [6.45, 7) is 7.29. The van der Waals surface area contributed by atoms with Crippen molar-refractivity contribution >= 4 is 32.4 Å². The first-order valence-electron chi connectivity index (χ1n) is 5.17. The highest BCUT2D eigenvalue weighted by Crippen LogP contribution is 2.38. The van der Waals surface area contributed by atoms with Crippen LogP contribution in [-0.4, -0.2) is 31.8 Å². The first kappa shape index (κ1) is 12.8. The van der Waals surface area contributed by atoms with Gasteiger partial charge in [0.05, 0.1) is 6.54 Å². The molecule has 0 bridgehead atoms. The molecule has 2 heterocycles. The smallest absolute Gasteiger partial charge is 0.279 e. The van der Waals surface area contributed by atoms with Gasteiger partial charge in [0.15, 0.2) is 0 Å². The molecule has 0 saturated carbocycles. The van der Waals surface area contributed by atoms with E-state index in [9.17, 15) is 13.2 Å². The lowest BCUT2D eigenvalue weighted by Crippen LogP contribution is -2.50. The van der Waals surface area contributed by atoms with Crippen LogP contribution in [0.2, 0.25) is 0 Å². The van der Waals surface area contributed by atoms with Crippen molar-refractivity contribution in [3.8, 4) is 0 Å². The molecule has 0 N–H and O–H groups in total. The van der Waals surface area contributed by atoms with Crippen LogP contribution in [0, 0.1) is 0 Å². The van der Waals surface area contributed by atoms with Crippen molar-refractivity contribution in [1.29, 1.82) is 0 Å². The van der Waals surface area contributed by atoms with E-state index in [0.717, 1.165) is 4.31 Å². The van der Waals surface area contributed by atoms with Crippen LogP contribution in [0.3, 0.4) is 0 Å². The lowest BCUT2D eigenvalue weighted by Gasteiger charge is -2.33. The summed E-state index contributed by atoms with van der Waals surface area (Å²) in [5.74, 6) is 0. The second-order valence-electron chi connectivity index (χ2n) is 3.60. The molecule has 18 heavy (non-hydrogen) atoms. The molecule has 96 valence electrons. The van der Waals surface area contributed by atoms with Gasteiger partial charge >= 0.3 is 6.03 Å². The number of sulfonamides is 1. The van der Waals surface area contributed by atoms with Gasteiger partial charge in [-0.2, -0.15) is 0 Å². The molecule has 7 heteroatoms. The maximum Gasteiger partial charge on any atom is 0.339 e. The average Bonchev–Trinajstić information content (AvgIpc) is 2.80. The number of carbonyl (C=O) groups excluding carboxylic acids is 1. The number of anilines is 1. The van der Waals surface area contributed by atoms with E-state index in [1.807, 2.05) is 0 Å². The Morgan fingerprint density at radius 1 is 1.28 bits per heavy atom.